The lowest BCUT2D eigenvalue weighted by Gasteiger charge is -2.19. The van der Waals surface area contributed by atoms with Crippen LogP contribution in [0.3, 0.4) is 0 Å². The Labute approximate surface area is 104 Å². The summed E-state index contributed by atoms with van der Waals surface area (Å²) in [5.74, 6) is 0. The Hall–Kier alpha value is -0.450. The van der Waals surface area contributed by atoms with Crippen molar-refractivity contribution < 1.29 is 4.74 Å². The molecule has 3 heterocycles. The van der Waals surface area contributed by atoms with Gasteiger partial charge in [0.05, 0.1) is 17.9 Å². The highest BCUT2D eigenvalue weighted by atomic mass is 79.9. The second-order valence-electron chi connectivity index (χ2n) is 4.55. The molecule has 0 saturated carbocycles. The number of nitrogens with one attached hydrogen (secondary N) is 1. The van der Waals surface area contributed by atoms with Crippen LogP contribution in [-0.2, 0) is 11.3 Å². The molecule has 2 aliphatic heterocycles. The Kier molecular flexibility index (Phi) is 2.96. The number of nitrogens with zero attached hydrogens (tertiary/aromatic N) is 1. The summed E-state index contributed by atoms with van der Waals surface area (Å²) in [6.45, 7) is 0.830. The minimum absolute atomic E-state index is 0.442. The number of ether oxygens (including phenoxy) is 1. The molecule has 2 bridgehead atoms. The maximum atomic E-state index is 5.80. The molecule has 1 aromatic rings. The number of rotatable bonds is 3. The fraction of sp³-hybridized carbons (Fsp3) is 0.583. The molecule has 4 heteroatoms. The molecule has 0 amide bonds. The minimum atomic E-state index is 0.442. The van der Waals surface area contributed by atoms with Gasteiger partial charge in [-0.1, -0.05) is 6.07 Å². The van der Waals surface area contributed by atoms with Crippen molar-refractivity contribution in [3.63, 3.8) is 0 Å². The number of aromatic nitrogens is 1. The molecule has 2 fully saturated rings. The van der Waals surface area contributed by atoms with Crippen LogP contribution in [-0.4, -0.2) is 23.2 Å². The summed E-state index contributed by atoms with van der Waals surface area (Å²) in [5, 5.41) is 3.55. The van der Waals surface area contributed by atoms with Gasteiger partial charge < -0.3 is 10.1 Å². The molecule has 16 heavy (non-hydrogen) atoms. The highest BCUT2D eigenvalue weighted by Crippen LogP contribution is 2.34. The van der Waals surface area contributed by atoms with Gasteiger partial charge in [-0.3, -0.25) is 0 Å². The third kappa shape index (κ3) is 2.14. The Morgan fingerprint density at radius 2 is 2.38 bits per heavy atom. The SMILES string of the molecule is Brc1cccc(CNC2CC3CCC2O3)n1. The Morgan fingerprint density at radius 3 is 3.06 bits per heavy atom. The molecule has 2 aliphatic rings. The van der Waals surface area contributed by atoms with E-state index in [4.69, 9.17) is 4.74 Å². The minimum Gasteiger partial charge on any atom is -0.373 e. The first-order valence-electron chi connectivity index (χ1n) is 5.81. The largest absolute Gasteiger partial charge is 0.373 e. The van der Waals surface area contributed by atoms with E-state index in [1.807, 2.05) is 18.2 Å². The second-order valence-corrected chi connectivity index (χ2v) is 5.36. The third-order valence-corrected chi connectivity index (χ3v) is 3.87. The lowest BCUT2D eigenvalue weighted by atomic mass is 9.95. The van der Waals surface area contributed by atoms with Crippen LogP contribution in [0, 0.1) is 0 Å². The molecule has 3 unspecified atom stereocenters. The van der Waals surface area contributed by atoms with Crippen LogP contribution in [0.5, 0.6) is 0 Å². The zero-order chi connectivity index (χ0) is 11.0. The number of fused-ring (bicyclic) bond motifs is 2. The van der Waals surface area contributed by atoms with Crippen molar-refractivity contribution in [3.05, 3.63) is 28.5 Å². The molecule has 2 saturated heterocycles. The van der Waals surface area contributed by atoms with Crippen molar-refractivity contribution in [3.8, 4) is 0 Å². The van der Waals surface area contributed by atoms with Crippen LogP contribution in [0.15, 0.2) is 22.8 Å². The predicted molar refractivity (Wildman–Crippen MR) is 65.1 cm³/mol. The summed E-state index contributed by atoms with van der Waals surface area (Å²) in [5.41, 5.74) is 1.08. The number of halogens is 1. The van der Waals surface area contributed by atoms with Gasteiger partial charge in [0.15, 0.2) is 0 Å². The van der Waals surface area contributed by atoms with Crippen LogP contribution >= 0.6 is 15.9 Å². The van der Waals surface area contributed by atoms with Crippen LogP contribution < -0.4 is 5.32 Å². The highest BCUT2D eigenvalue weighted by molar-refractivity contribution is 9.10. The van der Waals surface area contributed by atoms with Gasteiger partial charge in [-0.25, -0.2) is 4.98 Å². The van der Waals surface area contributed by atoms with Crippen molar-refractivity contribution in [2.24, 2.45) is 0 Å². The summed E-state index contributed by atoms with van der Waals surface area (Å²) in [7, 11) is 0. The number of hydrogen-bond acceptors (Lipinski definition) is 3. The van der Waals surface area contributed by atoms with E-state index in [0.29, 0.717) is 18.2 Å². The first-order valence-corrected chi connectivity index (χ1v) is 6.61. The average molecular weight is 283 g/mol. The smallest absolute Gasteiger partial charge is 0.106 e. The monoisotopic (exact) mass is 282 g/mol. The van der Waals surface area contributed by atoms with Gasteiger partial charge >= 0.3 is 0 Å². The molecule has 3 atom stereocenters. The maximum absolute atomic E-state index is 5.80. The molecule has 1 N–H and O–H groups in total. The third-order valence-electron chi connectivity index (χ3n) is 3.42. The first kappa shape index (κ1) is 10.7. The van der Waals surface area contributed by atoms with Crippen LogP contribution in [0.4, 0.5) is 0 Å². The molecule has 3 rings (SSSR count). The summed E-state index contributed by atoms with van der Waals surface area (Å²) >= 11 is 3.38. The molecular formula is C12H15BrN2O. The second kappa shape index (κ2) is 4.43. The van der Waals surface area contributed by atoms with E-state index >= 15 is 0 Å². The molecule has 1 aromatic heterocycles. The Bertz CT molecular complexity index is 385. The summed E-state index contributed by atoms with van der Waals surface area (Å²) in [6, 6.07) is 6.54. The normalized spacial score (nSPS) is 32.2. The van der Waals surface area contributed by atoms with Crippen LogP contribution in [0.1, 0.15) is 25.0 Å². The predicted octanol–water partition coefficient (Wildman–Crippen LogP) is 2.25. The molecule has 3 nitrogen and oxygen atoms in total. The lowest BCUT2D eigenvalue weighted by molar-refractivity contribution is 0.0972. The molecule has 0 aromatic carbocycles. The van der Waals surface area contributed by atoms with E-state index in [1.165, 1.54) is 19.3 Å². The summed E-state index contributed by atoms with van der Waals surface area (Å²) in [6.07, 6.45) is 4.58. The van der Waals surface area contributed by atoms with E-state index in [1.54, 1.807) is 0 Å². The quantitative estimate of drug-likeness (QED) is 0.864. The van der Waals surface area contributed by atoms with E-state index < -0.39 is 0 Å². The maximum Gasteiger partial charge on any atom is 0.106 e. The van der Waals surface area contributed by atoms with Crippen molar-refractivity contribution in [2.45, 2.75) is 44.1 Å². The summed E-state index contributed by atoms with van der Waals surface area (Å²) < 4.78 is 6.70. The van der Waals surface area contributed by atoms with Gasteiger partial charge in [-0.2, -0.15) is 0 Å². The molecule has 0 spiro atoms. The zero-order valence-electron chi connectivity index (χ0n) is 9.03. The van der Waals surface area contributed by atoms with Gasteiger partial charge in [0.2, 0.25) is 0 Å². The Morgan fingerprint density at radius 1 is 1.44 bits per heavy atom. The standard InChI is InChI=1S/C12H15BrN2O/c13-12-3-1-2-8(15-12)7-14-10-6-9-4-5-11(10)16-9/h1-3,9-11,14H,4-7H2. The molecule has 0 aliphatic carbocycles. The molecular weight excluding hydrogens is 268 g/mol. The lowest BCUT2D eigenvalue weighted by Crippen LogP contribution is -2.37. The fourth-order valence-electron chi connectivity index (χ4n) is 2.64. The van der Waals surface area contributed by atoms with Crippen molar-refractivity contribution in [2.75, 3.05) is 0 Å². The van der Waals surface area contributed by atoms with Crippen LogP contribution in [0.25, 0.3) is 0 Å². The van der Waals surface area contributed by atoms with Gasteiger partial charge in [0.1, 0.15) is 4.60 Å². The highest BCUT2D eigenvalue weighted by Gasteiger charge is 2.40. The number of hydrogen-bond donors (Lipinski definition) is 1. The zero-order valence-corrected chi connectivity index (χ0v) is 10.6. The van der Waals surface area contributed by atoms with Gasteiger partial charge in [-0.05, 0) is 47.3 Å². The van der Waals surface area contributed by atoms with Gasteiger partial charge in [0.25, 0.3) is 0 Å². The fourth-order valence-corrected chi connectivity index (χ4v) is 3.02. The number of pyridine rings is 1. The van der Waals surface area contributed by atoms with E-state index in [0.717, 1.165) is 16.8 Å². The first-order chi connectivity index (χ1) is 7.81. The average Bonchev–Trinajstić information content (AvgIpc) is 2.88. The molecule has 0 radical (unpaired) electrons. The van der Waals surface area contributed by atoms with Gasteiger partial charge in [-0.15, -0.1) is 0 Å². The van der Waals surface area contributed by atoms with Crippen LogP contribution in [0.2, 0.25) is 0 Å². The summed E-state index contributed by atoms with van der Waals surface area (Å²) in [4.78, 5) is 4.41. The van der Waals surface area contributed by atoms with Crippen molar-refractivity contribution >= 4 is 15.9 Å². The Balaban J connectivity index is 1.57. The van der Waals surface area contributed by atoms with E-state index in [2.05, 4.69) is 26.2 Å². The van der Waals surface area contributed by atoms with E-state index in [9.17, 15) is 0 Å². The van der Waals surface area contributed by atoms with Crippen molar-refractivity contribution in [1.82, 2.24) is 10.3 Å². The van der Waals surface area contributed by atoms with Crippen molar-refractivity contribution in [1.29, 1.82) is 0 Å². The topological polar surface area (TPSA) is 34.1 Å². The molecule has 86 valence electrons. The van der Waals surface area contributed by atoms with E-state index in [-0.39, 0.29) is 0 Å². The van der Waals surface area contributed by atoms with Gasteiger partial charge in [0, 0.05) is 12.6 Å².